The lowest BCUT2D eigenvalue weighted by Gasteiger charge is -2.12. The van der Waals surface area contributed by atoms with Gasteiger partial charge < -0.3 is 14.2 Å². The molecule has 2 aromatic rings. The Morgan fingerprint density at radius 1 is 1.04 bits per heavy atom. The van der Waals surface area contributed by atoms with E-state index >= 15 is 0 Å². The Morgan fingerprint density at radius 3 is 2.58 bits per heavy atom. The van der Waals surface area contributed by atoms with Crippen molar-refractivity contribution in [2.45, 2.75) is 26.7 Å². The second kappa shape index (κ2) is 10.3. The highest BCUT2D eigenvalue weighted by Gasteiger charge is 2.07. The summed E-state index contributed by atoms with van der Waals surface area (Å²) in [5, 5.41) is 0. The van der Waals surface area contributed by atoms with Crippen LogP contribution >= 0.6 is 0 Å². The molecule has 4 heteroatoms. The number of methoxy groups -OCH3 is 1. The molecule has 0 saturated carbocycles. The minimum Gasteiger partial charge on any atom is -0.493 e. The molecule has 0 atom stereocenters. The lowest BCUT2D eigenvalue weighted by molar-refractivity contribution is -0.137. The maximum Gasteiger partial charge on any atom is 0.330 e. The van der Waals surface area contributed by atoms with Crippen LogP contribution in [0, 0.1) is 0 Å². The van der Waals surface area contributed by atoms with Crippen molar-refractivity contribution in [3.63, 3.8) is 0 Å². The number of hydrogen-bond donors (Lipinski definition) is 0. The van der Waals surface area contributed by atoms with Gasteiger partial charge in [0.25, 0.3) is 0 Å². The van der Waals surface area contributed by atoms with Crippen LogP contribution in [0.25, 0.3) is 17.2 Å². The second-order valence-corrected chi connectivity index (χ2v) is 5.78. The van der Waals surface area contributed by atoms with E-state index in [0.29, 0.717) is 19.0 Å². The molecule has 0 bridgehead atoms. The average molecular weight is 354 g/mol. The molecule has 2 rings (SSSR count). The Bertz CT molecular complexity index is 750. The van der Waals surface area contributed by atoms with E-state index in [1.165, 1.54) is 6.08 Å². The molecule has 0 spiro atoms. The number of carbonyl (C=O) groups excluding carboxylic acids is 1. The van der Waals surface area contributed by atoms with Crippen LogP contribution in [0.1, 0.15) is 32.3 Å². The summed E-state index contributed by atoms with van der Waals surface area (Å²) in [7, 11) is 1.64. The van der Waals surface area contributed by atoms with Gasteiger partial charge in [0.1, 0.15) is 0 Å². The number of benzene rings is 2. The minimum absolute atomic E-state index is 0.340. The van der Waals surface area contributed by atoms with Gasteiger partial charge in [0, 0.05) is 6.08 Å². The predicted molar refractivity (Wildman–Crippen MR) is 105 cm³/mol. The van der Waals surface area contributed by atoms with Crippen LogP contribution in [-0.4, -0.2) is 26.3 Å². The topological polar surface area (TPSA) is 44.8 Å². The molecular formula is C22H26O4. The minimum atomic E-state index is -0.340. The van der Waals surface area contributed by atoms with Crippen LogP contribution in [-0.2, 0) is 9.53 Å². The van der Waals surface area contributed by atoms with Crippen molar-refractivity contribution in [3.05, 3.63) is 54.1 Å². The SMILES string of the molecule is CCCCOc1ccc(-c2cccc(/C=C/C(=O)OCC)c2)cc1OC. The molecule has 26 heavy (non-hydrogen) atoms. The van der Waals surface area contributed by atoms with E-state index in [1.807, 2.05) is 42.5 Å². The lowest BCUT2D eigenvalue weighted by Crippen LogP contribution is -1.99. The van der Waals surface area contributed by atoms with E-state index in [9.17, 15) is 4.79 Å². The average Bonchev–Trinajstić information content (AvgIpc) is 2.67. The van der Waals surface area contributed by atoms with Crippen molar-refractivity contribution in [2.24, 2.45) is 0 Å². The molecule has 4 nitrogen and oxygen atoms in total. The van der Waals surface area contributed by atoms with Gasteiger partial charge in [-0.3, -0.25) is 0 Å². The largest absolute Gasteiger partial charge is 0.493 e. The first-order valence-electron chi connectivity index (χ1n) is 8.94. The van der Waals surface area contributed by atoms with E-state index in [2.05, 4.69) is 6.92 Å². The molecule has 2 aromatic carbocycles. The van der Waals surface area contributed by atoms with Crippen molar-refractivity contribution in [1.82, 2.24) is 0 Å². The molecule has 138 valence electrons. The number of esters is 1. The monoisotopic (exact) mass is 354 g/mol. The molecule has 0 fully saturated rings. The van der Waals surface area contributed by atoms with Gasteiger partial charge >= 0.3 is 5.97 Å². The number of hydrogen-bond acceptors (Lipinski definition) is 4. The van der Waals surface area contributed by atoms with Crippen LogP contribution < -0.4 is 9.47 Å². The third-order valence-electron chi connectivity index (χ3n) is 3.84. The Kier molecular flexibility index (Phi) is 7.75. The molecule has 0 amide bonds. The van der Waals surface area contributed by atoms with Crippen molar-refractivity contribution >= 4 is 12.0 Å². The number of unbranched alkanes of at least 4 members (excludes halogenated alkanes) is 1. The first-order chi connectivity index (χ1) is 12.7. The Morgan fingerprint density at radius 2 is 1.85 bits per heavy atom. The highest BCUT2D eigenvalue weighted by atomic mass is 16.5. The molecule has 0 radical (unpaired) electrons. The fraction of sp³-hybridized carbons (Fsp3) is 0.318. The van der Waals surface area contributed by atoms with Gasteiger partial charge in [0.15, 0.2) is 11.5 Å². The zero-order valence-electron chi connectivity index (χ0n) is 15.7. The van der Waals surface area contributed by atoms with Gasteiger partial charge in [-0.15, -0.1) is 0 Å². The summed E-state index contributed by atoms with van der Waals surface area (Å²) in [5.41, 5.74) is 2.99. The maximum atomic E-state index is 11.5. The highest BCUT2D eigenvalue weighted by molar-refractivity contribution is 5.87. The van der Waals surface area contributed by atoms with Crippen molar-refractivity contribution < 1.29 is 19.0 Å². The van der Waals surface area contributed by atoms with Crippen LogP contribution in [0.5, 0.6) is 11.5 Å². The van der Waals surface area contributed by atoms with Gasteiger partial charge in [-0.1, -0.05) is 37.6 Å². The molecule has 0 N–H and O–H groups in total. The van der Waals surface area contributed by atoms with E-state index in [1.54, 1.807) is 20.1 Å². The van der Waals surface area contributed by atoms with Gasteiger partial charge in [-0.25, -0.2) is 4.79 Å². The summed E-state index contributed by atoms with van der Waals surface area (Å²) in [6.07, 6.45) is 5.29. The summed E-state index contributed by atoms with van der Waals surface area (Å²) in [6.45, 7) is 4.97. The fourth-order valence-corrected chi connectivity index (χ4v) is 2.47. The molecular weight excluding hydrogens is 328 g/mol. The molecule has 0 unspecified atom stereocenters. The van der Waals surface area contributed by atoms with Crippen LogP contribution in [0.4, 0.5) is 0 Å². The van der Waals surface area contributed by atoms with Crippen LogP contribution in [0.3, 0.4) is 0 Å². The highest BCUT2D eigenvalue weighted by Crippen LogP contribution is 2.33. The molecule has 0 aliphatic carbocycles. The van der Waals surface area contributed by atoms with E-state index in [4.69, 9.17) is 14.2 Å². The van der Waals surface area contributed by atoms with Gasteiger partial charge in [-0.2, -0.15) is 0 Å². The third kappa shape index (κ3) is 5.66. The molecule has 0 heterocycles. The third-order valence-corrected chi connectivity index (χ3v) is 3.84. The van der Waals surface area contributed by atoms with E-state index in [0.717, 1.165) is 35.3 Å². The quantitative estimate of drug-likeness (QED) is 0.356. The Balaban J connectivity index is 2.20. The zero-order valence-corrected chi connectivity index (χ0v) is 15.7. The Labute approximate surface area is 155 Å². The number of rotatable bonds is 9. The van der Waals surface area contributed by atoms with E-state index in [-0.39, 0.29) is 5.97 Å². The first-order valence-corrected chi connectivity index (χ1v) is 8.94. The van der Waals surface area contributed by atoms with Gasteiger partial charge in [-0.05, 0) is 54.3 Å². The zero-order chi connectivity index (χ0) is 18.8. The second-order valence-electron chi connectivity index (χ2n) is 5.78. The van der Waals surface area contributed by atoms with E-state index < -0.39 is 0 Å². The molecule has 0 aromatic heterocycles. The number of carbonyl (C=O) groups is 1. The predicted octanol–water partition coefficient (Wildman–Crippen LogP) is 5.12. The van der Waals surface area contributed by atoms with Crippen molar-refractivity contribution in [2.75, 3.05) is 20.3 Å². The summed E-state index contributed by atoms with van der Waals surface area (Å²) in [5.74, 6) is 1.13. The molecule has 0 aliphatic rings. The maximum absolute atomic E-state index is 11.5. The van der Waals surface area contributed by atoms with Gasteiger partial charge in [0.05, 0.1) is 20.3 Å². The van der Waals surface area contributed by atoms with Gasteiger partial charge in [0.2, 0.25) is 0 Å². The summed E-state index contributed by atoms with van der Waals surface area (Å²) < 4.78 is 16.2. The summed E-state index contributed by atoms with van der Waals surface area (Å²) >= 11 is 0. The molecule has 0 aliphatic heterocycles. The first kappa shape index (κ1) is 19.6. The van der Waals surface area contributed by atoms with Crippen molar-refractivity contribution in [3.8, 4) is 22.6 Å². The normalized spacial score (nSPS) is 10.7. The smallest absolute Gasteiger partial charge is 0.330 e. The summed E-state index contributed by atoms with van der Waals surface area (Å²) in [6, 6.07) is 13.9. The fourth-order valence-electron chi connectivity index (χ4n) is 2.47. The standard InChI is InChI=1S/C22H26O4/c1-4-6-14-26-20-12-11-19(16-21(20)24-3)18-9-7-8-17(15-18)10-13-22(23)25-5-2/h7-13,15-16H,4-6,14H2,1-3H3/b13-10+. The van der Waals surface area contributed by atoms with Crippen LogP contribution in [0.2, 0.25) is 0 Å². The van der Waals surface area contributed by atoms with Crippen LogP contribution in [0.15, 0.2) is 48.5 Å². The van der Waals surface area contributed by atoms with Crippen molar-refractivity contribution in [1.29, 1.82) is 0 Å². The number of ether oxygens (including phenoxy) is 3. The molecule has 0 saturated heterocycles. The lowest BCUT2D eigenvalue weighted by atomic mass is 10.0. The Hall–Kier alpha value is -2.75. The summed E-state index contributed by atoms with van der Waals surface area (Å²) in [4.78, 5) is 11.5.